The van der Waals surface area contributed by atoms with E-state index in [9.17, 15) is 19.3 Å². The first-order valence-corrected chi connectivity index (χ1v) is 9.02. The molecule has 1 fully saturated rings. The van der Waals surface area contributed by atoms with Gasteiger partial charge in [0.15, 0.2) is 0 Å². The second kappa shape index (κ2) is 7.91. The predicted molar refractivity (Wildman–Crippen MR) is 102 cm³/mol. The van der Waals surface area contributed by atoms with E-state index in [1.807, 2.05) is 24.3 Å². The summed E-state index contributed by atoms with van der Waals surface area (Å²) < 4.78 is 19.1. The van der Waals surface area contributed by atoms with Crippen LogP contribution in [0.15, 0.2) is 40.9 Å². The van der Waals surface area contributed by atoms with Crippen LogP contribution < -0.4 is 9.64 Å². The zero-order valence-electron chi connectivity index (χ0n) is 14.5. The quantitative estimate of drug-likeness (QED) is 0.540. The van der Waals surface area contributed by atoms with Crippen LogP contribution >= 0.6 is 15.9 Å². The first-order chi connectivity index (χ1) is 12.9. The maximum atomic E-state index is 13.7. The highest BCUT2D eigenvalue weighted by molar-refractivity contribution is 9.10. The number of nitrogens with zero attached hydrogens (tertiary/aromatic N) is 3. The summed E-state index contributed by atoms with van der Waals surface area (Å²) in [6.07, 6.45) is 0. The molecule has 3 rings (SSSR count). The molecular formula is C18H17BrFN3O4. The Balaban J connectivity index is 1.77. The number of nitro benzene ring substituents is 1. The monoisotopic (exact) mass is 437 g/mol. The molecular weight excluding hydrogens is 421 g/mol. The highest BCUT2D eigenvalue weighted by atomic mass is 79.9. The fraction of sp³-hybridized carbons (Fsp3) is 0.278. The van der Waals surface area contributed by atoms with E-state index in [0.717, 1.165) is 23.6 Å². The lowest BCUT2D eigenvalue weighted by Crippen LogP contribution is -2.49. The molecule has 0 aliphatic carbocycles. The van der Waals surface area contributed by atoms with Gasteiger partial charge in [-0.1, -0.05) is 12.1 Å². The summed E-state index contributed by atoms with van der Waals surface area (Å²) >= 11 is 3.07. The zero-order chi connectivity index (χ0) is 19.6. The number of halogens is 2. The van der Waals surface area contributed by atoms with Gasteiger partial charge in [0.25, 0.3) is 11.6 Å². The van der Waals surface area contributed by atoms with Crippen molar-refractivity contribution in [2.75, 3.05) is 38.2 Å². The zero-order valence-corrected chi connectivity index (χ0v) is 16.1. The highest BCUT2D eigenvalue weighted by Crippen LogP contribution is 2.32. The SMILES string of the molecule is COc1ccccc1N1CCN(C(=O)c2cc(F)cc([N+](=O)[O-])c2Br)CC1. The Bertz CT molecular complexity index is 885. The van der Waals surface area contributed by atoms with Crippen molar-refractivity contribution < 1.29 is 18.8 Å². The minimum absolute atomic E-state index is 0.00828. The van der Waals surface area contributed by atoms with Gasteiger partial charge < -0.3 is 14.5 Å². The number of rotatable bonds is 4. The number of para-hydroxylation sites is 2. The maximum Gasteiger partial charge on any atom is 0.287 e. The smallest absolute Gasteiger partial charge is 0.287 e. The average molecular weight is 438 g/mol. The molecule has 1 heterocycles. The van der Waals surface area contributed by atoms with Crippen LogP contribution in [0.3, 0.4) is 0 Å². The molecule has 27 heavy (non-hydrogen) atoms. The van der Waals surface area contributed by atoms with Crippen molar-refractivity contribution in [3.63, 3.8) is 0 Å². The fourth-order valence-corrected chi connectivity index (χ4v) is 3.62. The summed E-state index contributed by atoms with van der Waals surface area (Å²) in [7, 11) is 1.60. The average Bonchev–Trinajstić information content (AvgIpc) is 2.68. The molecule has 0 aromatic heterocycles. The summed E-state index contributed by atoms with van der Waals surface area (Å²) in [5.74, 6) is -0.508. The molecule has 0 N–H and O–H groups in total. The number of carbonyl (C=O) groups excluding carboxylic acids is 1. The molecule has 1 amide bonds. The highest BCUT2D eigenvalue weighted by Gasteiger charge is 2.28. The van der Waals surface area contributed by atoms with Crippen LogP contribution in [0.4, 0.5) is 15.8 Å². The number of methoxy groups -OCH3 is 1. The number of hydrogen-bond donors (Lipinski definition) is 0. The summed E-state index contributed by atoms with van der Waals surface area (Å²) in [5.41, 5.74) is 0.424. The topological polar surface area (TPSA) is 75.9 Å². The summed E-state index contributed by atoms with van der Waals surface area (Å²) in [6.45, 7) is 1.96. The number of hydrogen-bond acceptors (Lipinski definition) is 5. The fourth-order valence-electron chi connectivity index (χ4n) is 3.08. The Morgan fingerprint density at radius 1 is 1.22 bits per heavy atom. The van der Waals surface area contributed by atoms with E-state index in [1.54, 1.807) is 12.0 Å². The second-order valence-corrected chi connectivity index (χ2v) is 6.79. The molecule has 0 radical (unpaired) electrons. The van der Waals surface area contributed by atoms with E-state index in [1.165, 1.54) is 0 Å². The Hall–Kier alpha value is -2.68. The van der Waals surface area contributed by atoms with E-state index in [2.05, 4.69) is 20.8 Å². The molecule has 0 spiro atoms. The summed E-state index contributed by atoms with van der Waals surface area (Å²) in [5, 5.41) is 11.1. The molecule has 142 valence electrons. The van der Waals surface area contributed by atoms with Gasteiger partial charge in [0, 0.05) is 26.2 Å². The minimum atomic E-state index is -0.819. The standard InChI is InChI=1S/C18H17BrFN3O4/c1-27-16-5-3-2-4-14(16)21-6-8-22(9-7-21)18(24)13-10-12(20)11-15(17(13)19)23(25)26/h2-5,10-11H,6-9H2,1H3. The molecule has 0 unspecified atom stereocenters. The van der Waals surface area contributed by atoms with Crippen LogP contribution in [0.25, 0.3) is 0 Å². The van der Waals surface area contributed by atoms with Crippen LogP contribution in [0.1, 0.15) is 10.4 Å². The Morgan fingerprint density at radius 3 is 2.52 bits per heavy atom. The van der Waals surface area contributed by atoms with Gasteiger partial charge in [-0.25, -0.2) is 4.39 Å². The molecule has 1 aliphatic rings. The normalized spacial score (nSPS) is 14.2. The maximum absolute atomic E-state index is 13.7. The predicted octanol–water partition coefficient (Wildman–Crippen LogP) is 3.47. The number of piperazine rings is 1. The number of ether oxygens (including phenoxy) is 1. The minimum Gasteiger partial charge on any atom is -0.495 e. The van der Waals surface area contributed by atoms with Gasteiger partial charge in [-0.2, -0.15) is 0 Å². The van der Waals surface area contributed by atoms with Crippen molar-refractivity contribution in [3.05, 3.63) is 62.4 Å². The first-order valence-electron chi connectivity index (χ1n) is 8.23. The van der Waals surface area contributed by atoms with Crippen molar-refractivity contribution in [2.24, 2.45) is 0 Å². The number of carbonyl (C=O) groups is 1. The molecule has 1 saturated heterocycles. The van der Waals surface area contributed by atoms with Crippen molar-refractivity contribution in [2.45, 2.75) is 0 Å². The van der Waals surface area contributed by atoms with E-state index in [4.69, 9.17) is 4.74 Å². The van der Waals surface area contributed by atoms with Crippen molar-refractivity contribution in [1.29, 1.82) is 0 Å². The third kappa shape index (κ3) is 3.87. The van der Waals surface area contributed by atoms with E-state index in [-0.39, 0.29) is 10.0 Å². The van der Waals surface area contributed by atoms with Gasteiger partial charge in [0.05, 0.1) is 29.4 Å². The molecule has 2 aromatic rings. The van der Waals surface area contributed by atoms with Crippen molar-refractivity contribution >= 4 is 33.2 Å². The summed E-state index contributed by atoms with van der Waals surface area (Å²) in [4.78, 5) is 26.8. The molecule has 2 aromatic carbocycles. The molecule has 7 nitrogen and oxygen atoms in total. The van der Waals surface area contributed by atoms with Crippen LogP contribution in [0.2, 0.25) is 0 Å². The number of benzene rings is 2. The van der Waals surface area contributed by atoms with Crippen LogP contribution in [0, 0.1) is 15.9 Å². The van der Waals surface area contributed by atoms with Crippen molar-refractivity contribution in [1.82, 2.24) is 4.90 Å². The third-order valence-electron chi connectivity index (χ3n) is 4.44. The van der Waals surface area contributed by atoms with E-state index in [0.29, 0.717) is 26.2 Å². The number of amides is 1. The molecule has 0 saturated carbocycles. The Labute approximate surface area is 163 Å². The third-order valence-corrected chi connectivity index (χ3v) is 5.27. The lowest BCUT2D eigenvalue weighted by Gasteiger charge is -2.36. The number of nitro groups is 1. The molecule has 1 aliphatic heterocycles. The van der Waals surface area contributed by atoms with E-state index < -0.39 is 22.3 Å². The second-order valence-electron chi connectivity index (χ2n) is 5.99. The Kier molecular flexibility index (Phi) is 5.59. The first kappa shape index (κ1) is 19.1. The largest absolute Gasteiger partial charge is 0.495 e. The lowest BCUT2D eigenvalue weighted by atomic mass is 10.1. The van der Waals surface area contributed by atoms with E-state index >= 15 is 0 Å². The van der Waals surface area contributed by atoms with Gasteiger partial charge in [0.1, 0.15) is 16.0 Å². The van der Waals surface area contributed by atoms with Gasteiger partial charge in [-0.3, -0.25) is 14.9 Å². The lowest BCUT2D eigenvalue weighted by molar-refractivity contribution is -0.385. The molecule has 0 atom stereocenters. The summed E-state index contributed by atoms with van der Waals surface area (Å²) in [6, 6.07) is 9.43. The van der Waals surface area contributed by atoms with Gasteiger partial charge in [0.2, 0.25) is 0 Å². The molecule has 0 bridgehead atoms. The van der Waals surface area contributed by atoms with Crippen molar-refractivity contribution in [3.8, 4) is 5.75 Å². The van der Waals surface area contributed by atoms with Crippen LogP contribution in [0.5, 0.6) is 5.75 Å². The van der Waals surface area contributed by atoms with Gasteiger partial charge in [-0.05, 0) is 34.1 Å². The number of anilines is 1. The van der Waals surface area contributed by atoms with Gasteiger partial charge >= 0.3 is 0 Å². The van der Waals surface area contributed by atoms with Crippen LogP contribution in [-0.4, -0.2) is 49.0 Å². The van der Waals surface area contributed by atoms with Crippen LogP contribution in [-0.2, 0) is 0 Å². The Morgan fingerprint density at radius 2 is 1.89 bits per heavy atom. The van der Waals surface area contributed by atoms with Gasteiger partial charge in [-0.15, -0.1) is 0 Å². The molecule has 9 heteroatoms.